The van der Waals surface area contributed by atoms with E-state index < -0.39 is 15.6 Å². The SMILES string of the molecule is CN1CCN(C(=O)NCc2ccc(C=CS(=O)(=O)N3CCC4(CC3)N=C(C3CCCCC3)NC4=O)cc2)CC1. The lowest BCUT2D eigenvalue weighted by atomic mass is 9.88. The van der Waals surface area contributed by atoms with Gasteiger partial charge < -0.3 is 20.4 Å². The smallest absolute Gasteiger partial charge is 0.317 e. The number of rotatable bonds is 6. The van der Waals surface area contributed by atoms with Crippen LogP contribution in [-0.2, 0) is 21.4 Å². The van der Waals surface area contributed by atoms with Gasteiger partial charge in [-0.3, -0.25) is 9.79 Å². The first-order chi connectivity index (χ1) is 18.7. The number of piperidine rings is 1. The van der Waals surface area contributed by atoms with E-state index in [9.17, 15) is 18.0 Å². The van der Waals surface area contributed by atoms with Gasteiger partial charge in [-0.15, -0.1) is 0 Å². The molecule has 2 saturated heterocycles. The van der Waals surface area contributed by atoms with Crippen LogP contribution in [0.5, 0.6) is 0 Å². The van der Waals surface area contributed by atoms with Crippen LogP contribution in [0.2, 0.25) is 0 Å². The summed E-state index contributed by atoms with van der Waals surface area (Å²) in [7, 11) is -1.57. The number of carbonyl (C=O) groups excluding carboxylic acids is 2. The zero-order valence-corrected chi connectivity index (χ0v) is 23.6. The molecule has 212 valence electrons. The molecule has 0 unspecified atom stereocenters. The van der Waals surface area contributed by atoms with Gasteiger partial charge in [0.1, 0.15) is 11.4 Å². The van der Waals surface area contributed by atoms with E-state index >= 15 is 0 Å². The Morgan fingerprint density at radius 1 is 1.05 bits per heavy atom. The van der Waals surface area contributed by atoms with Crippen LogP contribution in [-0.4, -0.2) is 92.2 Å². The van der Waals surface area contributed by atoms with Crippen LogP contribution in [0.3, 0.4) is 0 Å². The molecule has 4 aliphatic rings. The third kappa shape index (κ3) is 6.53. The molecule has 39 heavy (non-hydrogen) atoms. The first-order valence-electron chi connectivity index (χ1n) is 14.1. The second-order valence-corrected chi connectivity index (χ2v) is 13.1. The molecule has 0 radical (unpaired) electrons. The van der Waals surface area contributed by atoms with E-state index in [1.165, 1.54) is 29.0 Å². The van der Waals surface area contributed by atoms with Crippen LogP contribution in [0.25, 0.3) is 6.08 Å². The molecule has 1 spiro atoms. The fourth-order valence-corrected chi connectivity index (χ4v) is 7.05. The number of nitrogens with one attached hydrogen (secondary N) is 2. The molecule has 11 heteroatoms. The van der Waals surface area contributed by atoms with Gasteiger partial charge in [-0.1, -0.05) is 43.5 Å². The fourth-order valence-electron chi connectivity index (χ4n) is 5.86. The Hall–Kier alpha value is -2.76. The minimum atomic E-state index is -3.62. The molecule has 0 bridgehead atoms. The highest BCUT2D eigenvalue weighted by molar-refractivity contribution is 7.92. The van der Waals surface area contributed by atoms with Gasteiger partial charge in [0, 0.05) is 57.1 Å². The summed E-state index contributed by atoms with van der Waals surface area (Å²) in [5, 5.41) is 7.22. The van der Waals surface area contributed by atoms with E-state index in [-0.39, 0.29) is 25.0 Å². The van der Waals surface area contributed by atoms with Gasteiger partial charge in [0.25, 0.3) is 5.91 Å². The van der Waals surface area contributed by atoms with E-state index in [4.69, 9.17) is 4.99 Å². The lowest BCUT2D eigenvalue weighted by Gasteiger charge is -2.34. The molecule has 3 amide bonds. The number of amides is 3. The summed E-state index contributed by atoms with van der Waals surface area (Å²) in [6.07, 6.45) is 8.09. The number of nitrogens with zero attached hydrogens (tertiary/aromatic N) is 4. The minimum absolute atomic E-state index is 0.0625. The summed E-state index contributed by atoms with van der Waals surface area (Å²) in [4.78, 5) is 34.1. The third-order valence-corrected chi connectivity index (χ3v) is 10.1. The standard InChI is InChI=1S/C28H40N6O4S/c1-32-16-18-33(19-17-32)27(36)29-21-23-9-7-22(8-10-23)11-20-39(37,38)34-14-12-28(13-15-34)26(35)30-25(31-28)24-5-3-2-4-6-24/h7-11,20,24H,2-6,12-19,21H2,1H3,(H,29,36)(H,30,31,35). The van der Waals surface area contributed by atoms with Crippen molar-refractivity contribution in [3.63, 3.8) is 0 Å². The predicted octanol–water partition coefficient (Wildman–Crippen LogP) is 2.39. The Morgan fingerprint density at radius 2 is 1.72 bits per heavy atom. The number of likely N-dealkylation sites (N-methyl/N-ethyl adjacent to an activating group) is 1. The maximum absolute atomic E-state index is 13.0. The van der Waals surface area contributed by atoms with E-state index in [1.807, 2.05) is 29.2 Å². The molecule has 1 aromatic carbocycles. The number of benzene rings is 1. The van der Waals surface area contributed by atoms with Crippen molar-refractivity contribution >= 4 is 33.9 Å². The minimum Gasteiger partial charge on any atom is -0.334 e. The van der Waals surface area contributed by atoms with E-state index in [0.717, 1.165) is 56.0 Å². The van der Waals surface area contributed by atoms with Gasteiger partial charge in [-0.2, -0.15) is 4.31 Å². The van der Waals surface area contributed by atoms with Crippen molar-refractivity contribution in [2.45, 2.75) is 57.0 Å². The summed E-state index contributed by atoms with van der Waals surface area (Å²) >= 11 is 0. The van der Waals surface area contributed by atoms with Gasteiger partial charge in [0.2, 0.25) is 10.0 Å². The van der Waals surface area contributed by atoms with Crippen molar-refractivity contribution in [1.29, 1.82) is 0 Å². The Balaban J connectivity index is 1.12. The van der Waals surface area contributed by atoms with Crippen LogP contribution in [0, 0.1) is 5.92 Å². The van der Waals surface area contributed by atoms with Crippen LogP contribution >= 0.6 is 0 Å². The molecule has 3 aliphatic heterocycles. The highest BCUT2D eigenvalue weighted by Crippen LogP contribution is 2.35. The summed E-state index contributed by atoms with van der Waals surface area (Å²) in [5.41, 5.74) is 0.887. The molecule has 1 aliphatic carbocycles. The van der Waals surface area contributed by atoms with Gasteiger partial charge >= 0.3 is 6.03 Å². The largest absolute Gasteiger partial charge is 0.334 e. The second kappa shape index (κ2) is 11.8. The van der Waals surface area contributed by atoms with Crippen molar-refractivity contribution in [3.8, 4) is 0 Å². The monoisotopic (exact) mass is 556 g/mol. The first kappa shape index (κ1) is 27.8. The Bertz CT molecular complexity index is 1210. The van der Waals surface area contributed by atoms with E-state index in [0.29, 0.717) is 25.3 Å². The highest BCUT2D eigenvalue weighted by Gasteiger charge is 2.48. The van der Waals surface area contributed by atoms with Crippen molar-refractivity contribution in [1.82, 2.24) is 24.7 Å². The first-order valence-corrected chi connectivity index (χ1v) is 15.6. The number of hydrogen-bond acceptors (Lipinski definition) is 6. The van der Waals surface area contributed by atoms with Crippen LogP contribution in [0.4, 0.5) is 4.79 Å². The van der Waals surface area contributed by atoms with Crippen LogP contribution in [0.1, 0.15) is 56.1 Å². The molecule has 2 N–H and O–H groups in total. The molecule has 10 nitrogen and oxygen atoms in total. The number of hydrogen-bond donors (Lipinski definition) is 2. The van der Waals surface area contributed by atoms with E-state index in [2.05, 4.69) is 22.6 Å². The molecule has 3 heterocycles. The topological polar surface area (TPSA) is 114 Å². The summed E-state index contributed by atoms with van der Waals surface area (Å²) in [6.45, 7) is 4.16. The molecule has 3 fully saturated rings. The molecule has 1 aromatic rings. The van der Waals surface area contributed by atoms with Gasteiger partial charge in [0.15, 0.2) is 0 Å². The zero-order chi connectivity index (χ0) is 27.5. The molecule has 0 atom stereocenters. The number of carbonyl (C=O) groups is 2. The fraction of sp³-hybridized carbons (Fsp3) is 0.607. The van der Waals surface area contributed by atoms with Gasteiger partial charge in [0.05, 0.1) is 0 Å². The molecular weight excluding hydrogens is 516 g/mol. The normalized spacial score (nSPS) is 23.3. The van der Waals surface area contributed by atoms with Crippen molar-refractivity contribution < 1.29 is 18.0 Å². The maximum atomic E-state index is 13.0. The zero-order valence-electron chi connectivity index (χ0n) is 22.8. The van der Waals surface area contributed by atoms with Crippen LogP contribution in [0.15, 0.2) is 34.7 Å². The maximum Gasteiger partial charge on any atom is 0.317 e. The lowest BCUT2D eigenvalue weighted by Crippen LogP contribution is -2.50. The average molecular weight is 557 g/mol. The summed E-state index contributed by atoms with van der Waals surface area (Å²) in [5.74, 6) is 1.07. The van der Waals surface area contributed by atoms with Gasteiger partial charge in [-0.25, -0.2) is 13.2 Å². The number of sulfonamides is 1. The summed E-state index contributed by atoms with van der Waals surface area (Å²) < 4.78 is 27.5. The van der Waals surface area contributed by atoms with Crippen molar-refractivity contribution in [2.75, 3.05) is 46.3 Å². The number of aliphatic imine (C=N–C) groups is 1. The lowest BCUT2D eigenvalue weighted by molar-refractivity contribution is -0.125. The van der Waals surface area contributed by atoms with Crippen molar-refractivity contribution in [2.24, 2.45) is 10.9 Å². The molecule has 1 saturated carbocycles. The van der Waals surface area contributed by atoms with Crippen LogP contribution < -0.4 is 10.6 Å². The number of amidine groups is 1. The molecule has 0 aromatic heterocycles. The summed E-state index contributed by atoms with van der Waals surface area (Å²) in [6, 6.07) is 7.41. The number of urea groups is 1. The molecule has 5 rings (SSSR count). The highest BCUT2D eigenvalue weighted by atomic mass is 32.2. The Morgan fingerprint density at radius 3 is 2.38 bits per heavy atom. The van der Waals surface area contributed by atoms with Crippen molar-refractivity contribution in [3.05, 3.63) is 40.8 Å². The molecular formula is C28H40N6O4S. The predicted molar refractivity (Wildman–Crippen MR) is 151 cm³/mol. The Labute approximate surface area is 231 Å². The second-order valence-electron chi connectivity index (χ2n) is 11.3. The number of piperazine rings is 1. The average Bonchev–Trinajstić information content (AvgIpc) is 3.27. The quantitative estimate of drug-likeness (QED) is 0.559. The Kier molecular flexibility index (Phi) is 8.39. The van der Waals surface area contributed by atoms with Gasteiger partial charge in [-0.05, 0) is 49.9 Å². The third-order valence-electron chi connectivity index (χ3n) is 8.55. The van der Waals surface area contributed by atoms with E-state index in [1.54, 1.807) is 6.08 Å².